The molecule has 1 amide bonds. The molecule has 0 spiro atoms. The number of likely N-dealkylation sites (N-methyl/N-ethyl adjacent to an activating group) is 1. The second kappa shape index (κ2) is 8.88. The molecular formula is C19H26ClN3O. The quantitative estimate of drug-likeness (QED) is 0.849. The molecule has 2 aromatic rings. The summed E-state index contributed by atoms with van der Waals surface area (Å²) >= 11 is 5.86. The number of imidazole rings is 1. The van der Waals surface area contributed by atoms with Crippen molar-refractivity contribution in [1.82, 2.24) is 15.3 Å². The minimum Gasteiger partial charge on any atom is -0.356 e. The Bertz CT molecular complexity index is 619. The van der Waals surface area contributed by atoms with Gasteiger partial charge in [0.2, 0.25) is 5.91 Å². The highest BCUT2D eigenvalue weighted by molar-refractivity contribution is 6.30. The summed E-state index contributed by atoms with van der Waals surface area (Å²) < 4.78 is 0. The van der Waals surface area contributed by atoms with Gasteiger partial charge in [0, 0.05) is 23.5 Å². The van der Waals surface area contributed by atoms with Crippen LogP contribution in [0.5, 0.6) is 0 Å². The number of halogens is 1. The molecule has 1 heterocycles. The molecule has 1 aliphatic rings. The number of rotatable bonds is 5. The van der Waals surface area contributed by atoms with Gasteiger partial charge in [-0.3, -0.25) is 4.79 Å². The summed E-state index contributed by atoms with van der Waals surface area (Å²) in [6.07, 6.45) is 8.89. The highest BCUT2D eigenvalue weighted by atomic mass is 35.5. The Morgan fingerprint density at radius 3 is 2.46 bits per heavy atom. The number of nitrogens with one attached hydrogen (secondary N) is 2. The van der Waals surface area contributed by atoms with Crippen molar-refractivity contribution in [1.29, 1.82) is 0 Å². The van der Waals surface area contributed by atoms with Crippen LogP contribution in [0.15, 0.2) is 36.8 Å². The molecule has 0 bridgehead atoms. The maximum Gasteiger partial charge on any atom is 0.230 e. The summed E-state index contributed by atoms with van der Waals surface area (Å²) in [5.74, 6) is 0.156. The fourth-order valence-electron chi connectivity index (χ4n) is 2.97. The zero-order valence-electron chi connectivity index (χ0n) is 14.4. The minimum atomic E-state index is -0.291. The number of carbonyl (C=O) groups is 1. The first kappa shape index (κ1) is 18.5. The van der Waals surface area contributed by atoms with E-state index in [9.17, 15) is 4.79 Å². The molecule has 1 saturated carbocycles. The zero-order chi connectivity index (χ0) is 17.4. The number of H-pyrrole nitrogens is 1. The van der Waals surface area contributed by atoms with Crippen LogP contribution in [-0.2, 0) is 16.6 Å². The van der Waals surface area contributed by atoms with Crippen molar-refractivity contribution < 1.29 is 4.79 Å². The van der Waals surface area contributed by atoms with Gasteiger partial charge in [-0.25, -0.2) is 4.98 Å². The lowest BCUT2D eigenvalue weighted by atomic mass is 9.64. The SMILES string of the molecule is CCCc1cnc[nH]1.CCNC(=O)C1(c2ccc(Cl)cc2)CCC1. The van der Waals surface area contributed by atoms with Crippen molar-refractivity contribution >= 4 is 17.5 Å². The van der Waals surface area contributed by atoms with Gasteiger partial charge in [0.05, 0.1) is 11.7 Å². The third-order valence-corrected chi connectivity index (χ3v) is 4.70. The molecular weight excluding hydrogens is 322 g/mol. The van der Waals surface area contributed by atoms with Gasteiger partial charge in [0.1, 0.15) is 0 Å². The number of amides is 1. The topological polar surface area (TPSA) is 57.8 Å². The lowest BCUT2D eigenvalue weighted by Gasteiger charge is -2.40. The van der Waals surface area contributed by atoms with Crippen molar-refractivity contribution in [3.63, 3.8) is 0 Å². The van der Waals surface area contributed by atoms with Crippen LogP contribution < -0.4 is 5.32 Å². The molecule has 3 rings (SSSR count). The van der Waals surface area contributed by atoms with Crippen LogP contribution in [0.4, 0.5) is 0 Å². The molecule has 2 N–H and O–H groups in total. The molecule has 4 nitrogen and oxygen atoms in total. The summed E-state index contributed by atoms with van der Waals surface area (Å²) in [5, 5.41) is 3.65. The van der Waals surface area contributed by atoms with E-state index in [1.807, 2.05) is 37.4 Å². The zero-order valence-corrected chi connectivity index (χ0v) is 15.2. The van der Waals surface area contributed by atoms with E-state index in [0.717, 1.165) is 31.2 Å². The first-order valence-electron chi connectivity index (χ1n) is 8.64. The highest BCUT2D eigenvalue weighted by Crippen LogP contribution is 2.44. The molecule has 1 aliphatic carbocycles. The second-order valence-corrected chi connectivity index (χ2v) is 6.57. The molecule has 0 atom stereocenters. The number of aryl methyl sites for hydroxylation is 1. The van der Waals surface area contributed by atoms with Crippen LogP contribution in [0.25, 0.3) is 0 Å². The monoisotopic (exact) mass is 347 g/mol. The summed E-state index contributed by atoms with van der Waals surface area (Å²) in [6, 6.07) is 7.65. The Morgan fingerprint density at radius 1 is 1.29 bits per heavy atom. The molecule has 130 valence electrons. The number of aromatic amines is 1. The number of aromatic nitrogens is 2. The molecule has 5 heteroatoms. The average Bonchev–Trinajstić information content (AvgIpc) is 3.03. The van der Waals surface area contributed by atoms with Gasteiger partial charge >= 0.3 is 0 Å². The minimum absolute atomic E-state index is 0.156. The highest BCUT2D eigenvalue weighted by Gasteiger charge is 2.45. The smallest absolute Gasteiger partial charge is 0.230 e. The number of carbonyl (C=O) groups excluding carboxylic acids is 1. The Balaban J connectivity index is 0.000000219. The maximum atomic E-state index is 12.1. The third-order valence-electron chi connectivity index (χ3n) is 4.45. The summed E-state index contributed by atoms with van der Waals surface area (Å²) in [7, 11) is 0. The average molecular weight is 348 g/mol. The molecule has 1 aromatic carbocycles. The fourth-order valence-corrected chi connectivity index (χ4v) is 3.09. The van der Waals surface area contributed by atoms with E-state index in [-0.39, 0.29) is 11.3 Å². The van der Waals surface area contributed by atoms with E-state index in [1.54, 1.807) is 6.33 Å². The van der Waals surface area contributed by atoms with Crippen molar-refractivity contribution in [3.8, 4) is 0 Å². The molecule has 0 saturated heterocycles. The lowest BCUT2D eigenvalue weighted by molar-refractivity contribution is -0.129. The van der Waals surface area contributed by atoms with E-state index < -0.39 is 0 Å². The summed E-state index contributed by atoms with van der Waals surface area (Å²) in [5.41, 5.74) is 2.03. The Kier molecular flexibility index (Phi) is 6.85. The van der Waals surface area contributed by atoms with Crippen molar-refractivity contribution in [3.05, 3.63) is 53.1 Å². The Labute approximate surface area is 149 Å². The predicted octanol–water partition coefficient (Wildman–Crippen LogP) is 4.26. The van der Waals surface area contributed by atoms with Crippen molar-refractivity contribution in [2.45, 2.75) is 51.4 Å². The van der Waals surface area contributed by atoms with Gasteiger partial charge < -0.3 is 10.3 Å². The Hall–Kier alpha value is -1.81. The number of hydrogen-bond donors (Lipinski definition) is 2. The van der Waals surface area contributed by atoms with Gasteiger partial charge in [-0.2, -0.15) is 0 Å². The van der Waals surface area contributed by atoms with Crippen LogP contribution >= 0.6 is 11.6 Å². The first-order valence-corrected chi connectivity index (χ1v) is 9.01. The first-order chi connectivity index (χ1) is 11.6. The van der Waals surface area contributed by atoms with Gasteiger partial charge in [-0.1, -0.05) is 43.5 Å². The van der Waals surface area contributed by atoms with Crippen molar-refractivity contribution in [2.24, 2.45) is 0 Å². The number of nitrogens with zero attached hydrogens (tertiary/aromatic N) is 1. The van der Waals surface area contributed by atoms with Crippen LogP contribution in [0.2, 0.25) is 5.02 Å². The predicted molar refractivity (Wildman–Crippen MR) is 98.2 cm³/mol. The van der Waals surface area contributed by atoms with Gasteiger partial charge in [0.15, 0.2) is 0 Å². The molecule has 1 fully saturated rings. The van der Waals surface area contributed by atoms with E-state index in [2.05, 4.69) is 22.2 Å². The molecule has 0 unspecified atom stereocenters. The third kappa shape index (κ3) is 4.38. The van der Waals surface area contributed by atoms with Crippen molar-refractivity contribution in [2.75, 3.05) is 6.54 Å². The molecule has 24 heavy (non-hydrogen) atoms. The van der Waals surface area contributed by atoms with Crippen LogP contribution in [0, 0.1) is 0 Å². The summed E-state index contributed by atoms with van der Waals surface area (Å²) in [4.78, 5) is 19.0. The standard InChI is InChI=1S/C13H16ClNO.C6H10N2/c1-2-15-12(16)13(8-3-9-13)10-4-6-11(14)7-5-10;1-2-3-6-4-7-5-8-6/h4-7H,2-3,8-9H2,1H3,(H,15,16);4-5H,2-3H2,1H3,(H,7,8). The van der Waals surface area contributed by atoms with Crippen LogP contribution in [0.1, 0.15) is 50.8 Å². The van der Waals surface area contributed by atoms with Crippen LogP contribution in [0.3, 0.4) is 0 Å². The maximum absolute atomic E-state index is 12.1. The van der Waals surface area contributed by atoms with E-state index >= 15 is 0 Å². The van der Waals surface area contributed by atoms with Gasteiger partial charge in [-0.05, 0) is 43.9 Å². The number of hydrogen-bond acceptors (Lipinski definition) is 2. The van der Waals surface area contributed by atoms with Gasteiger partial charge in [0.25, 0.3) is 0 Å². The second-order valence-electron chi connectivity index (χ2n) is 6.13. The van der Waals surface area contributed by atoms with E-state index in [0.29, 0.717) is 11.6 Å². The van der Waals surface area contributed by atoms with Crippen LogP contribution in [-0.4, -0.2) is 22.4 Å². The van der Waals surface area contributed by atoms with E-state index in [4.69, 9.17) is 11.6 Å². The molecule has 0 aliphatic heterocycles. The fraction of sp³-hybridized carbons (Fsp3) is 0.474. The lowest BCUT2D eigenvalue weighted by Crippen LogP contribution is -2.49. The number of benzene rings is 1. The van der Waals surface area contributed by atoms with E-state index in [1.165, 1.54) is 12.1 Å². The normalized spacial score (nSPS) is 15.0. The largest absolute Gasteiger partial charge is 0.356 e. The molecule has 1 aromatic heterocycles. The molecule has 0 radical (unpaired) electrons. The Morgan fingerprint density at radius 2 is 2.00 bits per heavy atom. The van der Waals surface area contributed by atoms with Gasteiger partial charge in [-0.15, -0.1) is 0 Å². The summed E-state index contributed by atoms with van der Waals surface area (Å²) in [6.45, 7) is 4.79.